The second-order valence-corrected chi connectivity index (χ2v) is 8.18. The Morgan fingerprint density at radius 3 is 2.74 bits per heavy atom. The summed E-state index contributed by atoms with van der Waals surface area (Å²) >= 11 is 2.42. The standard InChI is InChI=1S/C16H16N4O5S2/c1-10(21)26-13-6-14(15-17-9-18-27-15)19(7-13)16(22)25-8-11-2-4-12(5-3-11)20(23)24/h2-5,9,13-14H,6-8H2,1H3/t13-,14-/m0/s1. The third-order valence-corrected chi connectivity index (χ3v) is 5.77. The molecule has 1 amide bonds. The lowest BCUT2D eigenvalue weighted by Gasteiger charge is -2.22. The molecule has 11 heteroatoms. The molecule has 0 unspecified atom stereocenters. The van der Waals surface area contributed by atoms with E-state index in [-0.39, 0.29) is 28.7 Å². The van der Waals surface area contributed by atoms with Crippen molar-refractivity contribution in [2.45, 2.75) is 31.2 Å². The van der Waals surface area contributed by atoms with Crippen LogP contribution in [-0.2, 0) is 16.1 Å². The summed E-state index contributed by atoms with van der Waals surface area (Å²) in [5.74, 6) is 0. The minimum atomic E-state index is -0.514. The lowest BCUT2D eigenvalue weighted by Crippen LogP contribution is -2.32. The third-order valence-electron chi connectivity index (χ3n) is 4.00. The number of nitro groups is 1. The van der Waals surface area contributed by atoms with Crippen LogP contribution in [-0.4, -0.2) is 42.2 Å². The molecule has 1 aliphatic rings. The van der Waals surface area contributed by atoms with Crippen LogP contribution in [0.3, 0.4) is 0 Å². The van der Waals surface area contributed by atoms with E-state index < -0.39 is 11.0 Å². The summed E-state index contributed by atoms with van der Waals surface area (Å²) in [4.78, 5) is 39.9. The van der Waals surface area contributed by atoms with Crippen molar-refractivity contribution in [3.63, 3.8) is 0 Å². The molecule has 2 aromatic rings. The summed E-state index contributed by atoms with van der Waals surface area (Å²) < 4.78 is 9.36. The molecule has 0 N–H and O–H groups in total. The van der Waals surface area contributed by atoms with E-state index in [1.165, 1.54) is 48.7 Å². The number of ether oxygens (including phenoxy) is 1. The first-order valence-electron chi connectivity index (χ1n) is 8.04. The minimum absolute atomic E-state index is 0.000679. The van der Waals surface area contributed by atoms with Crippen LogP contribution in [0.1, 0.15) is 30.0 Å². The monoisotopic (exact) mass is 408 g/mol. The third kappa shape index (κ3) is 4.80. The fourth-order valence-electron chi connectivity index (χ4n) is 2.82. The van der Waals surface area contributed by atoms with E-state index >= 15 is 0 Å². The summed E-state index contributed by atoms with van der Waals surface area (Å²) in [6.45, 7) is 1.88. The van der Waals surface area contributed by atoms with Crippen LogP contribution >= 0.6 is 23.3 Å². The number of nitro benzene ring substituents is 1. The second-order valence-electron chi connectivity index (χ2n) is 5.89. The molecule has 9 nitrogen and oxygen atoms in total. The number of benzene rings is 1. The smallest absolute Gasteiger partial charge is 0.410 e. The van der Waals surface area contributed by atoms with Crippen molar-refractivity contribution in [2.75, 3.05) is 6.54 Å². The maximum absolute atomic E-state index is 12.6. The lowest BCUT2D eigenvalue weighted by atomic mass is 10.2. The highest BCUT2D eigenvalue weighted by molar-refractivity contribution is 8.14. The molecular formula is C16H16N4O5S2. The number of rotatable bonds is 5. The Hall–Kier alpha value is -2.53. The van der Waals surface area contributed by atoms with Crippen molar-refractivity contribution in [2.24, 2.45) is 0 Å². The highest BCUT2D eigenvalue weighted by atomic mass is 32.2. The Labute approximate surface area is 163 Å². The first-order chi connectivity index (χ1) is 12.9. The number of carbonyl (C=O) groups is 2. The Balaban J connectivity index is 1.65. The molecule has 1 saturated heterocycles. The van der Waals surface area contributed by atoms with E-state index in [1.807, 2.05) is 0 Å². The van der Waals surface area contributed by atoms with Gasteiger partial charge < -0.3 is 4.74 Å². The normalized spacial score (nSPS) is 19.1. The zero-order chi connectivity index (χ0) is 19.4. The van der Waals surface area contributed by atoms with Crippen LogP contribution in [0.25, 0.3) is 0 Å². The fraction of sp³-hybridized carbons (Fsp3) is 0.375. The predicted octanol–water partition coefficient (Wildman–Crippen LogP) is 3.18. The Bertz CT molecular complexity index is 828. The first kappa shape index (κ1) is 19.2. The number of amides is 1. The van der Waals surface area contributed by atoms with E-state index in [0.29, 0.717) is 23.5 Å². The average Bonchev–Trinajstić information content (AvgIpc) is 3.29. The van der Waals surface area contributed by atoms with E-state index in [4.69, 9.17) is 4.74 Å². The van der Waals surface area contributed by atoms with Crippen molar-refractivity contribution in [1.29, 1.82) is 0 Å². The van der Waals surface area contributed by atoms with Crippen molar-refractivity contribution in [3.8, 4) is 0 Å². The largest absolute Gasteiger partial charge is 0.445 e. The molecule has 2 atom stereocenters. The Morgan fingerprint density at radius 2 is 2.15 bits per heavy atom. The fourth-order valence-corrected chi connectivity index (χ4v) is 4.45. The summed E-state index contributed by atoms with van der Waals surface area (Å²) in [6.07, 6.45) is 1.53. The highest BCUT2D eigenvalue weighted by Crippen LogP contribution is 2.38. The number of hydrogen-bond donors (Lipinski definition) is 0. The first-order valence-corrected chi connectivity index (χ1v) is 9.70. The number of hydrogen-bond acceptors (Lipinski definition) is 9. The van der Waals surface area contributed by atoms with Crippen LogP contribution in [0.4, 0.5) is 10.5 Å². The van der Waals surface area contributed by atoms with E-state index in [1.54, 1.807) is 17.0 Å². The summed E-state index contributed by atoms with van der Waals surface area (Å²) in [7, 11) is 0. The Kier molecular flexibility index (Phi) is 6.01. The molecule has 1 fully saturated rings. The molecule has 0 radical (unpaired) electrons. The number of thioether (sulfide) groups is 1. The topological polar surface area (TPSA) is 116 Å². The SMILES string of the molecule is CC(=O)S[C@H]1C[C@@H](c2ncns2)N(C(=O)OCc2ccc([N+](=O)[O-])cc2)C1. The maximum atomic E-state index is 12.6. The zero-order valence-electron chi connectivity index (χ0n) is 14.3. The van der Waals surface area contributed by atoms with Gasteiger partial charge in [0.05, 0.1) is 11.0 Å². The average molecular weight is 408 g/mol. The number of non-ortho nitro benzene ring substituents is 1. The molecule has 2 heterocycles. The molecule has 142 valence electrons. The molecular weight excluding hydrogens is 392 g/mol. The van der Waals surface area contributed by atoms with Gasteiger partial charge in [-0.05, 0) is 35.6 Å². The maximum Gasteiger partial charge on any atom is 0.410 e. The van der Waals surface area contributed by atoms with Gasteiger partial charge in [-0.15, -0.1) is 0 Å². The summed E-state index contributed by atoms with van der Waals surface area (Å²) in [5.41, 5.74) is 0.625. The quantitative estimate of drug-likeness (QED) is 0.547. The van der Waals surface area contributed by atoms with E-state index in [9.17, 15) is 19.7 Å². The zero-order valence-corrected chi connectivity index (χ0v) is 15.9. The molecule has 0 bridgehead atoms. The molecule has 1 aliphatic heterocycles. The van der Waals surface area contributed by atoms with Gasteiger partial charge in [-0.3, -0.25) is 19.8 Å². The highest BCUT2D eigenvalue weighted by Gasteiger charge is 2.39. The van der Waals surface area contributed by atoms with Gasteiger partial charge in [-0.2, -0.15) is 4.37 Å². The van der Waals surface area contributed by atoms with Gasteiger partial charge in [-0.1, -0.05) is 11.8 Å². The van der Waals surface area contributed by atoms with Gasteiger partial charge in [0.25, 0.3) is 5.69 Å². The van der Waals surface area contributed by atoms with Crippen molar-refractivity contribution < 1.29 is 19.2 Å². The van der Waals surface area contributed by atoms with Crippen LogP contribution in [0.2, 0.25) is 0 Å². The van der Waals surface area contributed by atoms with Gasteiger partial charge >= 0.3 is 6.09 Å². The molecule has 0 spiro atoms. The second kappa shape index (κ2) is 8.44. The van der Waals surface area contributed by atoms with Crippen LogP contribution in [0.5, 0.6) is 0 Å². The summed E-state index contributed by atoms with van der Waals surface area (Å²) in [6, 6.07) is 5.54. The van der Waals surface area contributed by atoms with Gasteiger partial charge in [0.1, 0.15) is 17.9 Å². The minimum Gasteiger partial charge on any atom is -0.445 e. The molecule has 1 aromatic heterocycles. The van der Waals surface area contributed by atoms with Crippen LogP contribution in [0, 0.1) is 10.1 Å². The molecule has 0 aliphatic carbocycles. The number of aromatic nitrogens is 2. The molecule has 0 saturated carbocycles. The van der Waals surface area contributed by atoms with E-state index in [0.717, 1.165) is 0 Å². The van der Waals surface area contributed by atoms with E-state index in [2.05, 4.69) is 9.36 Å². The predicted molar refractivity (Wildman–Crippen MR) is 99.3 cm³/mol. The Morgan fingerprint density at radius 1 is 1.41 bits per heavy atom. The van der Waals surface area contributed by atoms with Crippen molar-refractivity contribution in [3.05, 3.63) is 51.3 Å². The van der Waals surface area contributed by atoms with Gasteiger partial charge in [-0.25, -0.2) is 9.78 Å². The molecule has 1 aromatic carbocycles. The number of nitrogens with zero attached hydrogens (tertiary/aromatic N) is 4. The van der Waals surface area contributed by atoms with Gasteiger partial charge in [0.2, 0.25) is 0 Å². The lowest BCUT2D eigenvalue weighted by molar-refractivity contribution is -0.384. The summed E-state index contributed by atoms with van der Waals surface area (Å²) in [5, 5.41) is 11.4. The van der Waals surface area contributed by atoms with Crippen LogP contribution in [0.15, 0.2) is 30.6 Å². The van der Waals surface area contributed by atoms with Crippen molar-refractivity contribution >= 4 is 40.2 Å². The number of likely N-dealkylation sites (tertiary alicyclic amines) is 1. The van der Waals surface area contributed by atoms with Gasteiger partial charge in [0, 0.05) is 30.9 Å². The van der Waals surface area contributed by atoms with Gasteiger partial charge in [0.15, 0.2) is 5.12 Å². The molecule has 3 rings (SSSR count). The van der Waals surface area contributed by atoms with Crippen molar-refractivity contribution in [1.82, 2.24) is 14.3 Å². The number of carbonyl (C=O) groups excluding carboxylic acids is 2. The molecule has 27 heavy (non-hydrogen) atoms. The van der Waals surface area contributed by atoms with Crippen LogP contribution < -0.4 is 0 Å².